The fraction of sp³-hybridized carbons (Fsp3) is 0.500. The summed E-state index contributed by atoms with van der Waals surface area (Å²) in [4.78, 5) is 21.6. The monoisotopic (exact) mass is 294 g/mol. The van der Waals surface area contributed by atoms with Crippen molar-refractivity contribution in [3.8, 4) is 5.75 Å². The molecule has 0 unspecified atom stereocenters. The van der Waals surface area contributed by atoms with E-state index < -0.39 is 11.9 Å². The van der Waals surface area contributed by atoms with Crippen molar-refractivity contribution in [1.82, 2.24) is 0 Å². The van der Waals surface area contributed by atoms with Crippen LogP contribution in [-0.2, 0) is 22.4 Å². The van der Waals surface area contributed by atoms with Gasteiger partial charge in [0.1, 0.15) is 5.75 Å². The molecule has 1 aromatic rings. The molecule has 2 N–H and O–H groups in total. The van der Waals surface area contributed by atoms with Gasteiger partial charge < -0.3 is 14.9 Å². The molecule has 21 heavy (non-hydrogen) atoms. The molecule has 0 aromatic heterocycles. The number of ether oxygens (including phenoxy) is 1. The van der Waals surface area contributed by atoms with Crippen LogP contribution in [0.25, 0.3) is 0 Å². The number of aryl methyl sites for hydroxylation is 1. The Morgan fingerprint density at radius 3 is 2.05 bits per heavy atom. The predicted octanol–water partition coefficient (Wildman–Crippen LogP) is 2.74. The first-order valence-electron chi connectivity index (χ1n) is 7.05. The maximum Gasteiger partial charge on any atom is 0.303 e. The van der Waals surface area contributed by atoms with Gasteiger partial charge in [0.15, 0.2) is 0 Å². The molecule has 0 atom stereocenters. The maximum absolute atomic E-state index is 10.8. The van der Waals surface area contributed by atoms with E-state index in [1.807, 2.05) is 26.8 Å². The predicted molar refractivity (Wildman–Crippen MR) is 79.0 cm³/mol. The minimum absolute atomic E-state index is 0.0301. The van der Waals surface area contributed by atoms with Gasteiger partial charge in [0.2, 0.25) is 0 Å². The second-order valence-electron chi connectivity index (χ2n) is 4.99. The van der Waals surface area contributed by atoms with E-state index >= 15 is 0 Å². The van der Waals surface area contributed by atoms with Crippen LogP contribution in [0.1, 0.15) is 42.0 Å². The molecule has 0 spiro atoms. The van der Waals surface area contributed by atoms with Crippen LogP contribution in [0.3, 0.4) is 0 Å². The van der Waals surface area contributed by atoms with Crippen molar-refractivity contribution in [3.05, 3.63) is 28.3 Å². The quantitative estimate of drug-likeness (QED) is 0.770. The molecule has 1 rings (SSSR count). The van der Waals surface area contributed by atoms with Gasteiger partial charge in [-0.1, -0.05) is 0 Å². The van der Waals surface area contributed by atoms with Crippen LogP contribution in [-0.4, -0.2) is 28.8 Å². The largest absolute Gasteiger partial charge is 0.494 e. The maximum atomic E-state index is 10.8. The van der Waals surface area contributed by atoms with Crippen LogP contribution in [0.4, 0.5) is 0 Å². The van der Waals surface area contributed by atoms with Gasteiger partial charge in [-0.25, -0.2) is 0 Å². The zero-order chi connectivity index (χ0) is 16.0. The van der Waals surface area contributed by atoms with E-state index in [4.69, 9.17) is 14.9 Å². The van der Waals surface area contributed by atoms with E-state index in [-0.39, 0.29) is 12.8 Å². The summed E-state index contributed by atoms with van der Waals surface area (Å²) in [7, 11) is 0. The van der Waals surface area contributed by atoms with Crippen molar-refractivity contribution in [1.29, 1.82) is 0 Å². The third kappa shape index (κ3) is 4.77. The molecule has 5 heteroatoms. The lowest BCUT2D eigenvalue weighted by Gasteiger charge is -2.18. The number of benzene rings is 1. The van der Waals surface area contributed by atoms with Crippen molar-refractivity contribution in [2.45, 2.75) is 46.5 Å². The number of carboxylic acids is 2. The molecular formula is C16H22O5. The molecule has 116 valence electrons. The minimum atomic E-state index is -0.857. The van der Waals surface area contributed by atoms with Gasteiger partial charge >= 0.3 is 11.9 Å². The fourth-order valence-electron chi connectivity index (χ4n) is 2.48. The van der Waals surface area contributed by atoms with E-state index in [0.717, 1.165) is 22.3 Å². The molecule has 0 saturated heterocycles. The zero-order valence-electron chi connectivity index (χ0n) is 12.7. The van der Waals surface area contributed by atoms with Crippen molar-refractivity contribution in [2.24, 2.45) is 0 Å². The van der Waals surface area contributed by atoms with Gasteiger partial charge in [0, 0.05) is 12.8 Å². The van der Waals surface area contributed by atoms with Crippen LogP contribution in [0.5, 0.6) is 5.75 Å². The van der Waals surface area contributed by atoms with Crippen molar-refractivity contribution >= 4 is 11.9 Å². The molecule has 0 fully saturated rings. The molecule has 0 aliphatic carbocycles. The Morgan fingerprint density at radius 1 is 1.05 bits per heavy atom. The first-order valence-corrected chi connectivity index (χ1v) is 7.05. The number of carboxylic acid groups (broad SMARTS) is 2. The smallest absolute Gasteiger partial charge is 0.303 e. The van der Waals surface area contributed by atoms with Gasteiger partial charge in [0.05, 0.1) is 6.61 Å². The number of hydrogen-bond donors (Lipinski definition) is 2. The summed E-state index contributed by atoms with van der Waals surface area (Å²) in [6, 6.07) is 1.88. The molecule has 0 radical (unpaired) electrons. The summed E-state index contributed by atoms with van der Waals surface area (Å²) < 4.78 is 5.60. The SMILES string of the molecule is CCOc1cc(C)c(CCC(=O)O)c(C)c1CCC(=O)O. The average Bonchev–Trinajstić information content (AvgIpc) is 2.37. The second-order valence-corrected chi connectivity index (χ2v) is 4.99. The minimum Gasteiger partial charge on any atom is -0.494 e. The van der Waals surface area contributed by atoms with Gasteiger partial charge in [0.25, 0.3) is 0 Å². The first-order chi connectivity index (χ1) is 9.86. The molecule has 0 bridgehead atoms. The third-order valence-electron chi connectivity index (χ3n) is 3.50. The third-order valence-corrected chi connectivity index (χ3v) is 3.50. The summed E-state index contributed by atoms with van der Waals surface area (Å²) in [5.41, 5.74) is 3.77. The van der Waals surface area contributed by atoms with Crippen LogP contribution >= 0.6 is 0 Å². The Kier molecular flexibility index (Phi) is 6.21. The highest BCUT2D eigenvalue weighted by Gasteiger charge is 2.16. The molecule has 0 amide bonds. The van der Waals surface area contributed by atoms with Crippen LogP contribution < -0.4 is 4.74 Å². The van der Waals surface area contributed by atoms with Gasteiger partial charge in [-0.15, -0.1) is 0 Å². The number of rotatable bonds is 8. The normalized spacial score (nSPS) is 10.4. The zero-order valence-corrected chi connectivity index (χ0v) is 12.7. The highest BCUT2D eigenvalue weighted by Crippen LogP contribution is 2.30. The Balaban J connectivity index is 3.18. The van der Waals surface area contributed by atoms with Gasteiger partial charge in [-0.05, 0) is 61.9 Å². The average molecular weight is 294 g/mol. The van der Waals surface area contributed by atoms with Crippen LogP contribution in [0, 0.1) is 13.8 Å². The number of carbonyl (C=O) groups is 2. The molecular weight excluding hydrogens is 272 g/mol. The standard InChI is InChI=1S/C16H22O5/c1-4-21-14-9-10(2)12(5-7-15(17)18)11(3)13(14)6-8-16(19)20/h9H,4-8H2,1-3H3,(H,17,18)(H,19,20). The van der Waals surface area contributed by atoms with E-state index in [1.54, 1.807) is 0 Å². The van der Waals surface area contributed by atoms with Gasteiger partial charge in [-0.2, -0.15) is 0 Å². The Morgan fingerprint density at radius 2 is 1.57 bits per heavy atom. The summed E-state index contributed by atoms with van der Waals surface area (Å²) in [6.45, 7) is 6.22. The van der Waals surface area contributed by atoms with Crippen molar-refractivity contribution in [3.63, 3.8) is 0 Å². The van der Waals surface area contributed by atoms with Crippen LogP contribution in [0.15, 0.2) is 6.07 Å². The fourth-order valence-corrected chi connectivity index (χ4v) is 2.48. The Bertz CT molecular complexity index is 534. The topological polar surface area (TPSA) is 83.8 Å². The number of aliphatic carboxylic acids is 2. The highest BCUT2D eigenvalue weighted by molar-refractivity contribution is 5.68. The second kappa shape index (κ2) is 7.67. The van der Waals surface area contributed by atoms with Gasteiger partial charge in [-0.3, -0.25) is 9.59 Å². The molecule has 0 heterocycles. The summed E-state index contributed by atoms with van der Waals surface area (Å²) in [5, 5.41) is 17.7. The number of hydrogen-bond acceptors (Lipinski definition) is 3. The molecule has 5 nitrogen and oxygen atoms in total. The lowest BCUT2D eigenvalue weighted by Crippen LogP contribution is -2.08. The van der Waals surface area contributed by atoms with E-state index in [2.05, 4.69) is 0 Å². The molecule has 0 aliphatic heterocycles. The highest BCUT2D eigenvalue weighted by atomic mass is 16.5. The summed E-state index contributed by atoms with van der Waals surface area (Å²) >= 11 is 0. The molecule has 0 saturated carbocycles. The molecule has 1 aromatic carbocycles. The van der Waals surface area contributed by atoms with E-state index in [1.165, 1.54) is 0 Å². The van der Waals surface area contributed by atoms with Crippen molar-refractivity contribution < 1.29 is 24.5 Å². The first kappa shape index (κ1) is 17.0. The molecule has 0 aliphatic rings. The van der Waals surface area contributed by atoms with Crippen molar-refractivity contribution in [2.75, 3.05) is 6.61 Å². The summed E-state index contributed by atoms with van der Waals surface area (Å²) in [6.07, 6.45) is 0.923. The Hall–Kier alpha value is -2.04. The van der Waals surface area contributed by atoms with Crippen LogP contribution in [0.2, 0.25) is 0 Å². The van der Waals surface area contributed by atoms with E-state index in [0.29, 0.717) is 25.2 Å². The lowest BCUT2D eigenvalue weighted by atomic mass is 9.91. The summed E-state index contributed by atoms with van der Waals surface area (Å²) in [5.74, 6) is -0.993. The van der Waals surface area contributed by atoms with E-state index in [9.17, 15) is 9.59 Å². The lowest BCUT2D eigenvalue weighted by molar-refractivity contribution is -0.137. The Labute approximate surface area is 124 Å².